The fourth-order valence-electron chi connectivity index (χ4n) is 4.15. The van der Waals surface area contributed by atoms with Crippen LogP contribution in [0.15, 0.2) is 24.3 Å². The second-order valence-electron chi connectivity index (χ2n) is 7.33. The van der Waals surface area contributed by atoms with Gasteiger partial charge in [-0.2, -0.15) is 0 Å². The molecular weight excluding hydrogens is 356 g/mol. The van der Waals surface area contributed by atoms with E-state index in [-0.39, 0.29) is 11.7 Å². The standard InChI is InChI=1S/C21H24N4O3/c1-14-20-17(23-21(22-14)25-9-7-24(13-26)8-10-25)11-15(12-18(20)27)16-5-3-4-6-19(16)28-2/h3-6,13,15H,7-12H2,1-2H3/t15-/m0/s1. The van der Waals surface area contributed by atoms with E-state index in [0.29, 0.717) is 50.5 Å². The first-order chi connectivity index (χ1) is 13.6. The Kier molecular flexibility index (Phi) is 4.98. The Morgan fingerprint density at radius 3 is 2.57 bits per heavy atom. The number of carbonyl (C=O) groups excluding carboxylic acids is 2. The van der Waals surface area contributed by atoms with Crippen molar-refractivity contribution in [1.29, 1.82) is 0 Å². The van der Waals surface area contributed by atoms with Crippen LogP contribution in [0.5, 0.6) is 5.75 Å². The van der Waals surface area contributed by atoms with Crippen LogP contribution in [0, 0.1) is 6.92 Å². The minimum atomic E-state index is 0.0465. The van der Waals surface area contributed by atoms with Gasteiger partial charge in [0.2, 0.25) is 12.4 Å². The summed E-state index contributed by atoms with van der Waals surface area (Å²) in [6.07, 6.45) is 2.01. The number of ether oxygens (including phenoxy) is 1. The summed E-state index contributed by atoms with van der Waals surface area (Å²) in [6.45, 7) is 4.59. The Morgan fingerprint density at radius 2 is 1.86 bits per heavy atom. The van der Waals surface area contributed by atoms with E-state index in [1.54, 1.807) is 12.0 Å². The zero-order valence-electron chi connectivity index (χ0n) is 16.2. The Labute approximate surface area is 164 Å². The summed E-state index contributed by atoms with van der Waals surface area (Å²) in [6, 6.07) is 7.86. The molecule has 7 nitrogen and oxygen atoms in total. The fourth-order valence-corrected chi connectivity index (χ4v) is 4.15. The number of aryl methyl sites for hydroxylation is 1. The zero-order valence-corrected chi connectivity index (χ0v) is 16.2. The maximum Gasteiger partial charge on any atom is 0.225 e. The Bertz CT molecular complexity index is 907. The van der Waals surface area contributed by atoms with Crippen LogP contribution < -0.4 is 9.64 Å². The first kappa shape index (κ1) is 18.4. The van der Waals surface area contributed by atoms with E-state index in [9.17, 15) is 9.59 Å². The van der Waals surface area contributed by atoms with E-state index in [1.807, 2.05) is 31.2 Å². The topological polar surface area (TPSA) is 75.6 Å². The monoisotopic (exact) mass is 380 g/mol. The van der Waals surface area contributed by atoms with Crippen LogP contribution >= 0.6 is 0 Å². The molecule has 0 saturated carbocycles. The number of benzene rings is 1. The summed E-state index contributed by atoms with van der Waals surface area (Å²) in [5.74, 6) is 1.59. The van der Waals surface area contributed by atoms with Crippen molar-refractivity contribution in [3.05, 3.63) is 46.8 Å². The third-order valence-corrected chi connectivity index (χ3v) is 5.63. The second kappa shape index (κ2) is 7.58. The fraction of sp³-hybridized carbons (Fsp3) is 0.429. The van der Waals surface area contributed by atoms with Gasteiger partial charge >= 0.3 is 0 Å². The van der Waals surface area contributed by atoms with Crippen LogP contribution in [0.3, 0.4) is 0 Å². The SMILES string of the molecule is COc1ccccc1[C@@H]1CC(=O)c2c(C)nc(N3CCN(C=O)CC3)nc2C1. The molecule has 2 aromatic rings. The third kappa shape index (κ3) is 3.32. The molecule has 0 N–H and O–H groups in total. The number of ketones is 1. The number of piperazine rings is 1. The smallest absolute Gasteiger partial charge is 0.225 e. The van der Waals surface area contributed by atoms with Gasteiger partial charge in [-0.1, -0.05) is 18.2 Å². The molecule has 1 saturated heterocycles. The largest absolute Gasteiger partial charge is 0.496 e. The molecule has 1 fully saturated rings. The van der Waals surface area contributed by atoms with Gasteiger partial charge in [-0.25, -0.2) is 9.97 Å². The summed E-state index contributed by atoms with van der Waals surface area (Å²) in [5, 5.41) is 0. The van der Waals surface area contributed by atoms with Crippen molar-refractivity contribution < 1.29 is 14.3 Å². The molecule has 1 aliphatic heterocycles. The molecule has 7 heteroatoms. The number of hydrogen-bond acceptors (Lipinski definition) is 6. The molecule has 28 heavy (non-hydrogen) atoms. The van der Waals surface area contributed by atoms with Crippen molar-refractivity contribution in [1.82, 2.24) is 14.9 Å². The second-order valence-corrected chi connectivity index (χ2v) is 7.33. The van der Waals surface area contributed by atoms with Gasteiger partial charge < -0.3 is 14.5 Å². The molecule has 0 radical (unpaired) electrons. The van der Waals surface area contributed by atoms with Crippen LogP contribution in [-0.4, -0.2) is 60.4 Å². The number of nitrogens with zero attached hydrogens (tertiary/aromatic N) is 4. The van der Waals surface area contributed by atoms with E-state index in [2.05, 4.69) is 9.88 Å². The average Bonchev–Trinajstić information content (AvgIpc) is 2.73. The van der Waals surface area contributed by atoms with Gasteiger partial charge in [-0.15, -0.1) is 0 Å². The lowest BCUT2D eigenvalue weighted by atomic mass is 9.81. The van der Waals surface area contributed by atoms with E-state index in [1.165, 1.54) is 0 Å². The number of amides is 1. The lowest BCUT2D eigenvalue weighted by Crippen LogP contribution is -2.46. The van der Waals surface area contributed by atoms with Gasteiger partial charge in [-0.3, -0.25) is 9.59 Å². The van der Waals surface area contributed by atoms with Crippen molar-refractivity contribution in [3.8, 4) is 5.75 Å². The number of para-hydroxylation sites is 1. The number of aromatic nitrogens is 2. The molecule has 0 bridgehead atoms. The Hall–Kier alpha value is -2.96. The molecule has 2 aliphatic rings. The first-order valence-corrected chi connectivity index (χ1v) is 9.58. The van der Waals surface area contributed by atoms with Crippen LogP contribution in [0.2, 0.25) is 0 Å². The predicted molar refractivity (Wildman–Crippen MR) is 105 cm³/mol. The van der Waals surface area contributed by atoms with Crippen molar-refractivity contribution in [2.75, 3.05) is 38.2 Å². The lowest BCUT2D eigenvalue weighted by molar-refractivity contribution is -0.118. The van der Waals surface area contributed by atoms with Crippen LogP contribution in [0.4, 0.5) is 5.95 Å². The Morgan fingerprint density at radius 1 is 1.11 bits per heavy atom. The predicted octanol–water partition coefficient (Wildman–Crippen LogP) is 1.98. The highest BCUT2D eigenvalue weighted by Gasteiger charge is 2.32. The minimum Gasteiger partial charge on any atom is -0.496 e. The van der Waals surface area contributed by atoms with E-state index in [0.717, 1.165) is 29.1 Å². The molecule has 1 aromatic heterocycles. The van der Waals surface area contributed by atoms with Crippen LogP contribution in [0.1, 0.15) is 39.6 Å². The van der Waals surface area contributed by atoms with E-state index in [4.69, 9.17) is 9.72 Å². The molecule has 0 unspecified atom stereocenters. The van der Waals surface area contributed by atoms with Crippen molar-refractivity contribution in [2.45, 2.75) is 25.7 Å². The molecule has 1 aromatic carbocycles. The van der Waals surface area contributed by atoms with Crippen molar-refractivity contribution in [3.63, 3.8) is 0 Å². The number of anilines is 1. The Balaban J connectivity index is 1.65. The molecule has 4 rings (SSSR count). The van der Waals surface area contributed by atoms with Crippen LogP contribution in [0.25, 0.3) is 0 Å². The summed E-state index contributed by atoms with van der Waals surface area (Å²) >= 11 is 0. The number of methoxy groups -OCH3 is 1. The first-order valence-electron chi connectivity index (χ1n) is 9.58. The minimum absolute atomic E-state index is 0.0465. The lowest BCUT2D eigenvalue weighted by Gasteiger charge is -2.33. The van der Waals surface area contributed by atoms with E-state index < -0.39 is 0 Å². The van der Waals surface area contributed by atoms with Gasteiger partial charge in [0.1, 0.15) is 5.75 Å². The molecular formula is C21H24N4O3. The summed E-state index contributed by atoms with van der Waals surface area (Å²) < 4.78 is 5.50. The van der Waals surface area contributed by atoms with E-state index >= 15 is 0 Å². The summed E-state index contributed by atoms with van der Waals surface area (Å²) in [7, 11) is 1.65. The van der Waals surface area contributed by atoms with Gasteiger partial charge in [0.25, 0.3) is 0 Å². The highest BCUT2D eigenvalue weighted by Crippen LogP contribution is 2.37. The maximum absolute atomic E-state index is 12.9. The van der Waals surface area contributed by atoms with Gasteiger partial charge in [0, 0.05) is 38.5 Å². The van der Waals surface area contributed by atoms with Gasteiger partial charge in [-0.05, 0) is 25.0 Å². The van der Waals surface area contributed by atoms with Gasteiger partial charge in [0.05, 0.1) is 24.1 Å². The molecule has 1 atom stereocenters. The van der Waals surface area contributed by atoms with Crippen molar-refractivity contribution in [2.24, 2.45) is 0 Å². The van der Waals surface area contributed by atoms with Crippen LogP contribution in [-0.2, 0) is 11.2 Å². The molecule has 146 valence electrons. The molecule has 2 heterocycles. The maximum atomic E-state index is 12.9. The normalized spacial score (nSPS) is 19.4. The molecule has 1 amide bonds. The average molecular weight is 380 g/mol. The highest BCUT2D eigenvalue weighted by molar-refractivity contribution is 5.99. The van der Waals surface area contributed by atoms with Gasteiger partial charge in [0.15, 0.2) is 5.78 Å². The number of hydrogen-bond donors (Lipinski definition) is 0. The number of carbonyl (C=O) groups is 2. The summed E-state index contributed by atoms with van der Waals surface area (Å²) in [5.41, 5.74) is 3.26. The molecule has 1 aliphatic carbocycles. The zero-order chi connectivity index (χ0) is 19.7. The quantitative estimate of drug-likeness (QED) is 0.755. The summed E-state index contributed by atoms with van der Waals surface area (Å²) in [4.78, 5) is 37.0. The number of Topliss-reactive ketones (excluding diaryl/α,β-unsaturated/α-hetero) is 1. The van der Waals surface area contributed by atoms with Crippen molar-refractivity contribution >= 4 is 18.1 Å². The number of rotatable bonds is 4. The molecule has 0 spiro atoms. The third-order valence-electron chi connectivity index (χ3n) is 5.63. The highest BCUT2D eigenvalue weighted by atomic mass is 16.5. The number of fused-ring (bicyclic) bond motifs is 1.